The minimum absolute atomic E-state index is 0.00472. The van der Waals surface area contributed by atoms with Gasteiger partial charge in [-0.1, -0.05) is 49.9 Å². The third-order valence-electron chi connectivity index (χ3n) is 12.4. The van der Waals surface area contributed by atoms with Gasteiger partial charge in [0.1, 0.15) is 11.9 Å². The first-order chi connectivity index (χ1) is 31.6. The van der Waals surface area contributed by atoms with Crippen molar-refractivity contribution < 1.29 is 48.2 Å². The van der Waals surface area contributed by atoms with E-state index in [4.69, 9.17) is 9.57 Å². The Balaban J connectivity index is 1.11. The van der Waals surface area contributed by atoms with Crippen LogP contribution in [0.1, 0.15) is 128 Å². The number of ether oxygens (including phenoxy) is 1. The van der Waals surface area contributed by atoms with E-state index in [0.717, 1.165) is 30.6 Å². The fraction of sp³-hybridized carbons (Fsp3) is 0.500. The molecule has 2 unspecified atom stereocenters. The molecule has 3 aliphatic rings. The number of unbranched alkanes of at least 4 members (excludes halogenated alkanes) is 2. The van der Waals surface area contributed by atoms with Gasteiger partial charge >= 0.3 is 11.9 Å². The fourth-order valence-corrected chi connectivity index (χ4v) is 9.84. The zero-order valence-electron chi connectivity index (χ0n) is 38.3. The minimum Gasteiger partial charge on any atom is -0.508 e. The maximum atomic E-state index is 14.1. The number of nitrogens with zero attached hydrogens (tertiary/aromatic N) is 2. The van der Waals surface area contributed by atoms with Crippen LogP contribution in [0.5, 0.6) is 5.75 Å². The average molecular weight is 926 g/mol. The molecule has 5 atom stereocenters. The van der Waals surface area contributed by atoms with Crippen molar-refractivity contribution in [1.29, 1.82) is 0 Å². The molecule has 354 valence electrons. The molecule has 2 aliphatic heterocycles. The van der Waals surface area contributed by atoms with Crippen LogP contribution in [0.15, 0.2) is 77.7 Å². The third-order valence-corrected chi connectivity index (χ3v) is 13.5. The number of imide groups is 1. The summed E-state index contributed by atoms with van der Waals surface area (Å²) >= 11 is 1.53. The highest BCUT2D eigenvalue weighted by Crippen LogP contribution is 2.39. The predicted octanol–water partition coefficient (Wildman–Crippen LogP) is 6.51. The molecule has 2 saturated heterocycles. The Morgan fingerprint density at radius 1 is 0.833 bits per heavy atom. The summed E-state index contributed by atoms with van der Waals surface area (Å²) in [7, 11) is 0. The second kappa shape index (κ2) is 23.1. The van der Waals surface area contributed by atoms with Crippen LogP contribution in [0.25, 0.3) is 0 Å². The second-order valence-corrected chi connectivity index (χ2v) is 19.6. The van der Waals surface area contributed by atoms with Gasteiger partial charge in [-0.05, 0) is 114 Å². The lowest BCUT2D eigenvalue weighted by atomic mass is 9.72. The van der Waals surface area contributed by atoms with E-state index in [9.17, 15) is 38.7 Å². The number of phenols is 1. The highest BCUT2D eigenvalue weighted by molar-refractivity contribution is 7.99. The van der Waals surface area contributed by atoms with Gasteiger partial charge in [0.25, 0.3) is 23.6 Å². The van der Waals surface area contributed by atoms with Crippen molar-refractivity contribution in [1.82, 2.24) is 25.9 Å². The SMILES string of the molecule is Cc1c(O)cccc1C(=O)N[C@@H](CSc1ccccc1)[C@@H](CN1CC2CCCCC2C[C@@H]1C(=O)NC(C)(C)C)OC(=O)CCCCCNC(=O)c1ccc(C(=O)ON2C(=O)CCC2=O)cc1. The average Bonchev–Trinajstić information content (AvgIpc) is 3.61. The first kappa shape index (κ1) is 49.7. The number of phenolic OH excluding ortho intramolecular Hbond substituents is 1. The number of likely N-dealkylation sites (tertiary alicyclic amines) is 1. The van der Waals surface area contributed by atoms with Crippen LogP contribution in [0.4, 0.5) is 0 Å². The highest BCUT2D eigenvalue weighted by Gasteiger charge is 2.43. The van der Waals surface area contributed by atoms with Gasteiger partial charge in [-0.25, -0.2) is 4.79 Å². The van der Waals surface area contributed by atoms with Crippen molar-refractivity contribution in [2.24, 2.45) is 11.8 Å². The molecule has 16 heteroatoms. The number of carbonyl (C=O) groups is 7. The molecule has 2 heterocycles. The maximum Gasteiger partial charge on any atom is 0.363 e. The molecule has 3 aromatic carbocycles. The first-order valence-electron chi connectivity index (χ1n) is 23.1. The lowest BCUT2D eigenvalue weighted by molar-refractivity contribution is -0.172. The number of thioether (sulfide) groups is 1. The summed E-state index contributed by atoms with van der Waals surface area (Å²) in [6, 6.07) is 19.1. The number of amides is 5. The van der Waals surface area contributed by atoms with E-state index < -0.39 is 53.4 Å². The summed E-state index contributed by atoms with van der Waals surface area (Å²) in [4.78, 5) is 99.0. The Bertz CT molecular complexity index is 2200. The summed E-state index contributed by atoms with van der Waals surface area (Å²) in [6.07, 6.45) is 5.98. The van der Waals surface area contributed by atoms with E-state index in [-0.39, 0.29) is 48.9 Å². The maximum absolute atomic E-state index is 14.1. The minimum atomic E-state index is -0.887. The molecule has 6 rings (SSSR count). The zero-order valence-corrected chi connectivity index (χ0v) is 39.2. The molecular formula is C50H63N5O10S. The van der Waals surface area contributed by atoms with Gasteiger partial charge in [0, 0.05) is 71.8 Å². The summed E-state index contributed by atoms with van der Waals surface area (Å²) in [5.74, 6) is -2.16. The molecule has 0 spiro atoms. The lowest BCUT2D eigenvalue weighted by Gasteiger charge is -2.47. The van der Waals surface area contributed by atoms with Crippen LogP contribution in [-0.2, 0) is 28.8 Å². The van der Waals surface area contributed by atoms with Crippen LogP contribution >= 0.6 is 11.8 Å². The summed E-state index contributed by atoms with van der Waals surface area (Å²) in [5, 5.41) is 20.2. The Hall–Kier alpha value is -5.74. The Labute approximate surface area is 391 Å². The molecule has 0 bridgehead atoms. The predicted molar refractivity (Wildman–Crippen MR) is 248 cm³/mol. The number of aromatic hydroxyl groups is 1. The molecule has 0 radical (unpaired) electrons. The summed E-state index contributed by atoms with van der Waals surface area (Å²) in [5.41, 5.74) is 0.654. The number of hydrogen-bond donors (Lipinski definition) is 4. The Morgan fingerprint density at radius 2 is 1.52 bits per heavy atom. The van der Waals surface area contributed by atoms with E-state index in [1.54, 1.807) is 19.1 Å². The molecule has 15 nitrogen and oxygen atoms in total. The van der Waals surface area contributed by atoms with Gasteiger partial charge in [0.2, 0.25) is 5.91 Å². The topological polar surface area (TPSA) is 201 Å². The van der Waals surface area contributed by atoms with E-state index >= 15 is 0 Å². The number of hydrogen-bond acceptors (Lipinski definition) is 12. The first-order valence-corrected chi connectivity index (χ1v) is 24.0. The molecule has 4 N–H and O–H groups in total. The fourth-order valence-electron chi connectivity index (χ4n) is 8.82. The van der Waals surface area contributed by atoms with Crippen molar-refractivity contribution in [2.45, 2.75) is 127 Å². The van der Waals surface area contributed by atoms with Crippen LogP contribution < -0.4 is 16.0 Å². The number of esters is 1. The Kier molecular flexibility index (Phi) is 17.4. The van der Waals surface area contributed by atoms with Gasteiger partial charge in [-0.15, -0.1) is 16.8 Å². The zero-order chi connectivity index (χ0) is 47.4. The molecule has 3 aromatic rings. The van der Waals surface area contributed by atoms with Gasteiger partial charge in [-0.2, -0.15) is 0 Å². The number of fused-ring (bicyclic) bond motifs is 1. The van der Waals surface area contributed by atoms with E-state index in [0.29, 0.717) is 78.1 Å². The van der Waals surface area contributed by atoms with E-state index in [1.807, 2.05) is 51.1 Å². The normalized spacial score (nSPS) is 19.6. The molecule has 3 fully saturated rings. The summed E-state index contributed by atoms with van der Waals surface area (Å²) < 4.78 is 6.41. The van der Waals surface area contributed by atoms with Gasteiger partial charge in [0.15, 0.2) is 0 Å². The van der Waals surface area contributed by atoms with Crippen molar-refractivity contribution in [2.75, 3.05) is 25.4 Å². The molecule has 1 aliphatic carbocycles. The van der Waals surface area contributed by atoms with Crippen molar-refractivity contribution in [3.8, 4) is 5.75 Å². The molecule has 66 heavy (non-hydrogen) atoms. The summed E-state index contributed by atoms with van der Waals surface area (Å²) in [6.45, 7) is 8.79. The number of nitrogens with one attached hydrogen (secondary N) is 3. The van der Waals surface area contributed by atoms with E-state index in [1.165, 1.54) is 42.1 Å². The molecule has 1 saturated carbocycles. The smallest absolute Gasteiger partial charge is 0.363 e. The van der Waals surface area contributed by atoms with Crippen LogP contribution in [0, 0.1) is 18.8 Å². The molecule has 0 aromatic heterocycles. The molecular weight excluding hydrogens is 863 g/mol. The second-order valence-electron chi connectivity index (χ2n) is 18.5. The number of benzene rings is 3. The van der Waals surface area contributed by atoms with Crippen LogP contribution in [0.3, 0.4) is 0 Å². The van der Waals surface area contributed by atoms with Gasteiger partial charge in [-0.3, -0.25) is 33.7 Å². The Morgan fingerprint density at radius 3 is 2.21 bits per heavy atom. The highest BCUT2D eigenvalue weighted by atomic mass is 32.2. The van der Waals surface area contributed by atoms with Crippen molar-refractivity contribution in [3.63, 3.8) is 0 Å². The van der Waals surface area contributed by atoms with Gasteiger partial charge in [0.05, 0.1) is 17.6 Å². The monoisotopic (exact) mass is 925 g/mol. The standard InChI is InChI=1S/C50H63N5O10S/c1-32-38(18-13-19-41(32)56)47(61)52-39(31-66-37-16-7-5-8-17-37)42(30-54-29-36-15-11-10-14-35(36)28-40(54)48(62)53-50(2,3)4)64-45(59)20-9-6-12-27-51-46(60)33-21-23-34(24-22-33)49(63)65-55-43(57)25-26-44(55)58/h5,7-8,13,16-19,21-24,35-36,39-40,42,56H,6,9-12,14-15,20,25-31H2,1-4H3,(H,51,60)(H,52,61)(H,53,62)/t35?,36?,39-,40+,42+/m0/s1. The number of rotatable bonds is 19. The van der Waals surface area contributed by atoms with Gasteiger partial charge < -0.3 is 30.6 Å². The quantitative estimate of drug-likeness (QED) is 0.0441. The molecule has 5 amide bonds. The number of carbonyl (C=O) groups excluding carboxylic acids is 7. The number of piperidine rings is 1. The van der Waals surface area contributed by atoms with E-state index in [2.05, 4.69) is 20.9 Å². The van der Waals surface area contributed by atoms with Crippen LogP contribution in [0.2, 0.25) is 0 Å². The number of hydroxylamine groups is 2. The lowest BCUT2D eigenvalue weighted by Crippen LogP contribution is -2.61. The van der Waals surface area contributed by atoms with Crippen molar-refractivity contribution >= 4 is 53.2 Å². The third kappa shape index (κ3) is 13.9. The van der Waals surface area contributed by atoms with Crippen molar-refractivity contribution in [3.05, 3.63) is 95.1 Å². The van der Waals surface area contributed by atoms with Crippen LogP contribution in [-0.4, -0.2) is 106 Å². The largest absolute Gasteiger partial charge is 0.508 e.